The summed E-state index contributed by atoms with van der Waals surface area (Å²) in [5.41, 5.74) is -0.851. The normalized spacial score (nSPS) is 13.9. The number of rotatable bonds is 7. The van der Waals surface area contributed by atoms with Crippen LogP contribution in [-0.4, -0.2) is 46.7 Å². The van der Waals surface area contributed by atoms with Gasteiger partial charge in [-0.2, -0.15) is 17.5 Å². The second kappa shape index (κ2) is 9.57. The van der Waals surface area contributed by atoms with E-state index in [1.807, 2.05) is 6.92 Å². The van der Waals surface area contributed by atoms with Crippen LogP contribution in [-0.2, 0) is 14.8 Å². The smallest absolute Gasteiger partial charge is 0.420 e. The Balaban J connectivity index is 2.03. The number of sulfonamides is 1. The molecule has 0 spiro atoms. The van der Waals surface area contributed by atoms with E-state index in [2.05, 4.69) is 4.98 Å². The second-order valence-electron chi connectivity index (χ2n) is 8.45. The SMILES string of the molecule is CCN([C@H](c1ccc(F)cc1)C(F)(F)F)S(=O)(=O)c1ccc2c(c1)ncn2C(=O)OC(C)(C)CC. The highest BCUT2D eigenvalue weighted by Crippen LogP contribution is 2.40. The third kappa shape index (κ3) is 5.48. The molecule has 1 atom stereocenters. The molecule has 1 heterocycles. The molecule has 12 heteroatoms. The lowest BCUT2D eigenvalue weighted by molar-refractivity contribution is -0.173. The zero-order chi connectivity index (χ0) is 26.2. The second-order valence-corrected chi connectivity index (χ2v) is 10.3. The van der Waals surface area contributed by atoms with Gasteiger partial charge in [-0.3, -0.25) is 0 Å². The van der Waals surface area contributed by atoms with Gasteiger partial charge in [-0.05, 0) is 56.2 Å². The van der Waals surface area contributed by atoms with Gasteiger partial charge in [0.2, 0.25) is 10.0 Å². The number of hydrogen-bond acceptors (Lipinski definition) is 5. The summed E-state index contributed by atoms with van der Waals surface area (Å²) in [5.74, 6) is -0.748. The highest BCUT2D eigenvalue weighted by atomic mass is 32.2. The fourth-order valence-electron chi connectivity index (χ4n) is 3.45. The van der Waals surface area contributed by atoms with E-state index in [4.69, 9.17) is 4.74 Å². The molecule has 0 radical (unpaired) electrons. The molecule has 0 fully saturated rings. The van der Waals surface area contributed by atoms with Crippen LogP contribution in [0.25, 0.3) is 11.0 Å². The molecule has 0 aliphatic heterocycles. The number of nitrogens with zero attached hydrogens (tertiary/aromatic N) is 3. The first-order valence-corrected chi connectivity index (χ1v) is 12.2. The van der Waals surface area contributed by atoms with Gasteiger partial charge in [-0.25, -0.2) is 27.2 Å². The molecular weight excluding hydrogens is 490 g/mol. The number of hydrogen-bond donors (Lipinski definition) is 0. The minimum absolute atomic E-state index is 0.0822. The quantitative estimate of drug-likeness (QED) is 0.379. The van der Waals surface area contributed by atoms with Gasteiger partial charge in [0.1, 0.15) is 23.8 Å². The Kier molecular flexibility index (Phi) is 7.28. The van der Waals surface area contributed by atoms with Crippen LogP contribution in [0.15, 0.2) is 53.7 Å². The van der Waals surface area contributed by atoms with Crippen molar-refractivity contribution >= 4 is 27.1 Å². The van der Waals surface area contributed by atoms with Crippen molar-refractivity contribution in [2.45, 2.75) is 56.8 Å². The number of carbonyl (C=O) groups excluding carboxylic acids is 1. The number of alkyl halides is 3. The van der Waals surface area contributed by atoms with Crippen molar-refractivity contribution in [3.63, 3.8) is 0 Å². The van der Waals surface area contributed by atoms with E-state index in [1.165, 1.54) is 13.0 Å². The highest BCUT2D eigenvalue weighted by Gasteiger charge is 2.48. The molecule has 190 valence electrons. The summed E-state index contributed by atoms with van der Waals surface area (Å²) in [7, 11) is -4.67. The highest BCUT2D eigenvalue weighted by molar-refractivity contribution is 7.89. The van der Waals surface area contributed by atoms with Gasteiger partial charge in [-0.15, -0.1) is 0 Å². The minimum Gasteiger partial charge on any atom is -0.443 e. The number of aromatic nitrogens is 2. The number of fused-ring (bicyclic) bond motifs is 1. The largest absolute Gasteiger partial charge is 0.443 e. The molecule has 0 aliphatic rings. The molecule has 0 amide bonds. The third-order valence-corrected chi connectivity index (χ3v) is 7.57. The van der Waals surface area contributed by atoms with Gasteiger partial charge >= 0.3 is 12.3 Å². The zero-order valence-electron chi connectivity index (χ0n) is 19.5. The molecule has 3 rings (SSSR count). The Labute approximate surface area is 200 Å². The molecular formula is C23H25F4N3O4S. The van der Waals surface area contributed by atoms with Crippen molar-refractivity contribution in [1.82, 2.24) is 13.9 Å². The maximum absolute atomic E-state index is 14.0. The number of ether oxygens (including phenoxy) is 1. The predicted molar refractivity (Wildman–Crippen MR) is 121 cm³/mol. The first-order chi connectivity index (χ1) is 16.2. The first-order valence-electron chi connectivity index (χ1n) is 10.8. The van der Waals surface area contributed by atoms with E-state index < -0.39 is 56.8 Å². The monoisotopic (exact) mass is 515 g/mol. The number of benzene rings is 2. The van der Waals surface area contributed by atoms with Crippen molar-refractivity contribution in [3.05, 3.63) is 60.2 Å². The molecule has 0 aliphatic carbocycles. The maximum Gasteiger partial charge on any atom is 0.420 e. The lowest BCUT2D eigenvalue weighted by Crippen LogP contribution is -2.42. The van der Waals surface area contributed by atoms with Crippen LogP contribution in [0.2, 0.25) is 0 Å². The van der Waals surface area contributed by atoms with Gasteiger partial charge in [-0.1, -0.05) is 26.0 Å². The van der Waals surface area contributed by atoms with Crippen molar-refractivity contribution < 1.29 is 35.5 Å². The molecule has 0 saturated heterocycles. The van der Waals surface area contributed by atoms with Crippen LogP contribution >= 0.6 is 0 Å². The van der Waals surface area contributed by atoms with Crippen molar-refractivity contribution in [1.29, 1.82) is 0 Å². The summed E-state index contributed by atoms with van der Waals surface area (Å²) in [4.78, 5) is 16.1. The van der Waals surface area contributed by atoms with Crippen LogP contribution in [0.3, 0.4) is 0 Å². The Morgan fingerprint density at radius 2 is 1.74 bits per heavy atom. The maximum atomic E-state index is 14.0. The molecule has 3 aromatic rings. The first kappa shape index (κ1) is 26.6. The molecule has 0 saturated carbocycles. The van der Waals surface area contributed by atoms with Crippen LogP contribution in [0.4, 0.5) is 22.4 Å². The average molecular weight is 516 g/mol. The standard InChI is InChI=1S/C23H25F4N3O4S/c1-5-22(3,4)34-21(31)29-14-28-18-13-17(11-12-19(18)29)35(32,33)30(6-2)20(23(25,26)27)15-7-9-16(24)10-8-15/h7-14,20H,5-6H2,1-4H3/t20-/m1/s1. The Bertz CT molecular complexity index is 1320. The molecule has 7 nitrogen and oxygen atoms in total. The van der Waals surface area contributed by atoms with Gasteiger partial charge in [0.05, 0.1) is 15.9 Å². The van der Waals surface area contributed by atoms with Crippen LogP contribution in [0.1, 0.15) is 45.7 Å². The van der Waals surface area contributed by atoms with E-state index in [0.717, 1.165) is 47.3 Å². The van der Waals surface area contributed by atoms with Gasteiger partial charge in [0, 0.05) is 6.54 Å². The predicted octanol–water partition coefficient (Wildman–Crippen LogP) is 5.66. The summed E-state index contributed by atoms with van der Waals surface area (Å²) in [6.45, 7) is 6.07. The number of imidazole rings is 1. The Morgan fingerprint density at radius 1 is 1.11 bits per heavy atom. The summed E-state index contributed by atoms with van der Waals surface area (Å²) in [6.07, 6.45) is -3.99. The van der Waals surface area contributed by atoms with Crippen molar-refractivity contribution in [3.8, 4) is 0 Å². The molecule has 0 bridgehead atoms. The summed E-state index contributed by atoms with van der Waals surface area (Å²) >= 11 is 0. The fourth-order valence-corrected chi connectivity index (χ4v) is 5.08. The molecule has 0 N–H and O–H groups in total. The fraction of sp³-hybridized carbons (Fsp3) is 0.391. The van der Waals surface area contributed by atoms with Gasteiger partial charge in [0.15, 0.2) is 0 Å². The topological polar surface area (TPSA) is 81.5 Å². The third-order valence-electron chi connectivity index (χ3n) is 5.63. The Hall–Kier alpha value is -2.99. The van der Waals surface area contributed by atoms with Gasteiger partial charge in [0.25, 0.3) is 0 Å². The molecule has 1 aromatic heterocycles. The summed E-state index contributed by atoms with van der Waals surface area (Å²) in [5, 5.41) is 0. The minimum atomic E-state index is -4.97. The Morgan fingerprint density at radius 3 is 2.29 bits per heavy atom. The summed E-state index contributed by atoms with van der Waals surface area (Å²) < 4.78 is 88.9. The van der Waals surface area contributed by atoms with E-state index in [0.29, 0.717) is 10.7 Å². The van der Waals surface area contributed by atoms with E-state index in [1.54, 1.807) is 13.8 Å². The summed E-state index contributed by atoms with van der Waals surface area (Å²) in [6, 6.07) is 4.44. The van der Waals surface area contributed by atoms with E-state index in [-0.39, 0.29) is 11.0 Å². The average Bonchev–Trinajstić information content (AvgIpc) is 3.20. The van der Waals surface area contributed by atoms with Gasteiger partial charge < -0.3 is 4.74 Å². The lowest BCUT2D eigenvalue weighted by Gasteiger charge is -2.31. The van der Waals surface area contributed by atoms with Crippen LogP contribution in [0.5, 0.6) is 0 Å². The van der Waals surface area contributed by atoms with Crippen molar-refractivity contribution in [2.24, 2.45) is 0 Å². The van der Waals surface area contributed by atoms with Crippen molar-refractivity contribution in [2.75, 3.05) is 6.54 Å². The van der Waals surface area contributed by atoms with Crippen LogP contribution in [0, 0.1) is 5.82 Å². The number of halogens is 4. The molecule has 35 heavy (non-hydrogen) atoms. The molecule has 2 aromatic carbocycles. The number of carbonyl (C=O) groups is 1. The molecule has 0 unspecified atom stereocenters. The van der Waals surface area contributed by atoms with Crippen LogP contribution < -0.4 is 0 Å². The van der Waals surface area contributed by atoms with E-state index >= 15 is 0 Å². The lowest BCUT2D eigenvalue weighted by atomic mass is 10.1. The van der Waals surface area contributed by atoms with E-state index in [9.17, 15) is 30.8 Å². The zero-order valence-corrected chi connectivity index (χ0v) is 20.3.